The van der Waals surface area contributed by atoms with E-state index in [-0.39, 0.29) is 11.6 Å². The maximum atomic E-state index is 13.8. The number of halogens is 2. The number of amidine groups is 1. The molecule has 0 aliphatic carbocycles. The van der Waals surface area contributed by atoms with Crippen molar-refractivity contribution < 1.29 is 13.6 Å². The number of carbonyl (C=O) groups is 1. The fourth-order valence-corrected chi connectivity index (χ4v) is 3.83. The van der Waals surface area contributed by atoms with Crippen molar-refractivity contribution in [1.29, 1.82) is 0 Å². The van der Waals surface area contributed by atoms with Gasteiger partial charge in [0.15, 0.2) is 11.0 Å². The third-order valence-electron chi connectivity index (χ3n) is 3.15. The van der Waals surface area contributed by atoms with Crippen LogP contribution in [0.5, 0.6) is 0 Å². The summed E-state index contributed by atoms with van der Waals surface area (Å²) in [5.41, 5.74) is 0.0116. The van der Waals surface area contributed by atoms with E-state index in [0.717, 1.165) is 17.0 Å². The van der Waals surface area contributed by atoms with Crippen LogP contribution in [0.4, 0.5) is 14.5 Å². The lowest BCUT2D eigenvalue weighted by Gasteiger charge is -2.12. The first-order valence-corrected chi connectivity index (χ1v) is 8.56. The monoisotopic (exact) mass is 350 g/mol. The Hall–Kier alpha value is -1.99. The summed E-state index contributed by atoms with van der Waals surface area (Å²) in [4.78, 5) is 19.6. The fourth-order valence-electron chi connectivity index (χ4n) is 2.05. The number of hydrogen-bond donors (Lipinski definition) is 0. The van der Waals surface area contributed by atoms with Gasteiger partial charge in [0, 0.05) is 17.5 Å². The van der Waals surface area contributed by atoms with Gasteiger partial charge in [-0.2, -0.15) is 0 Å². The Morgan fingerprint density at radius 2 is 2.13 bits per heavy atom. The minimum atomic E-state index is -0.753. The molecule has 118 valence electrons. The van der Waals surface area contributed by atoms with E-state index in [1.807, 2.05) is 24.4 Å². The topological polar surface area (TPSA) is 32.7 Å². The highest BCUT2D eigenvalue weighted by Gasteiger charge is 2.32. The minimum absolute atomic E-state index is 0.0116. The van der Waals surface area contributed by atoms with Crippen LogP contribution in [0, 0.1) is 11.6 Å². The summed E-state index contributed by atoms with van der Waals surface area (Å²) in [6.07, 6.45) is 1.80. The van der Waals surface area contributed by atoms with E-state index in [4.69, 9.17) is 0 Å². The van der Waals surface area contributed by atoms with Crippen molar-refractivity contribution in [2.75, 3.05) is 6.54 Å². The molecule has 0 spiro atoms. The second-order valence-electron chi connectivity index (χ2n) is 4.67. The van der Waals surface area contributed by atoms with Gasteiger partial charge in [0.1, 0.15) is 11.5 Å². The molecular formula is C16H12F2N2OS2. The van der Waals surface area contributed by atoms with Gasteiger partial charge in [0.2, 0.25) is 0 Å². The largest absolute Gasteiger partial charge is 0.287 e. The summed E-state index contributed by atoms with van der Waals surface area (Å²) in [6, 6.07) is 7.00. The summed E-state index contributed by atoms with van der Waals surface area (Å²) < 4.78 is 26.7. The normalized spacial score (nSPS) is 18.4. The molecule has 1 aromatic carbocycles. The van der Waals surface area contributed by atoms with Gasteiger partial charge in [0.25, 0.3) is 5.91 Å². The van der Waals surface area contributed by atoms with E-state index in [1.54, 1.807) is 6.08 Å². The lowest BCUT2D eigenvalue weighted by molar-refractivity contribution is -0.122. The van der Waals surface area contributed by atoms with Gasteiger partial charge >= 0.3 is 0 Å². The standard InChI is InChI=1S/C16H12F2N2OS2/c1-2-20-15(21)14(9-11-4-3-7-22-11)23-16(20)19-13-6-5-10(17)8-12(13)18/h3-9H,2H2,1H3/b14-9+,19-16?. The molecule has 1 fully saturated rings. The maximum absolute atomic E-state index is 13.8. The fraction of sp³-hybridized carbons (Fsp3) is 0.125. The van der Waals surface area contributed by atoms with Crippen LogP contribution in [0.1, 0.15) is 11.8 Å². The predicted octanol–water partition coefficient (Wildman–Crippen LogP) is 4.65. The van der Waals surface area contributed by atoms with Crippen LogP contribution in [-0.2, 0) is 4.79 Å². The Balaban J connectivity index is 1.95. The molecule has 3 nitrogen and oxygen atoms in total. The molecule has 1 aliphatic heterocycles. The molecule has 1 aromatic heterocycles. The SMILES string of the molecule is CCN1C(=O)/C(=C\c2cccs2)SC1=Nc1ccc(F)cc1F. The van der Waals surface area contributed by atoms with Crippen LogP contribution in [-0.4, -0.2) is 22.5 Å². The molecule has 1 amide bonds. The van der Waals surface area contributed by atoms with Crippen molar-refractivity contribution in [3.63, 3.8) is 0 Å². The molecular weight excluding hydrogens is 338 g/mol. The number of benzene rings is 1. The van der Waals surface area contributed by atoms with Crippen LogP contribution < -0.4 is 0 Å². The highest BCUT2D eigenvalue weighted by molar-refractivity contribution is 8.18. The molecule has 3 rings (SSSR count). The molecule has 0 unspecified atom stereocenters. The van der Waals surface area contributed by atoms with Gasteiger partial charge in [-0.1, -0.05) is 6.07 Å². The van der Waals surface area contributed by atoms with Crippen LogP contribution in [0.25, 0.3) is 6.08 Å². The maximum Gasteiger partial charge on any atom is 0.266 e. The van der Waals surface area contributed by atoms with Crippen molar-refractivity contribution in [2.45, 2.75) is 6.92 Å². The van der Waals surface area contributed by atoms with Crippen molar-refractivity contribution in [3.8, 4) is 0 Å². The van der Waals surface area contributed by atoms with Crippen molar-refractivity contribution in [1.82, 2.24) is 4.90 Å². The third-order valence-corrected chi connectivity index (χ3v) is 4.97. The summed E-state index contributed by atoms with van der Waals surface area (Å²) >= 11 is 2.72. The van der Waals surface area contributed by atoms with Crippen LogP contribution in [0.3, 0.4) is 0 Å². The van der Waals surface area contributed by atoms with Gasteiger partial charge in [-0.25, -0.2) is 13.8 Å². The molecule has 2 heterocycles. The van der Waals surface area contributed by atoms with Gasteiger partial charge in [0.05, 0.1) is 4.91 Å². The second kappa shape index (κ2) is 6.64. The second-order valence-corrected chi connectivity index (χ2v) is 6.65. The van der Waals surface area contributed by atoms with E-state index in [2.05, 4.69) is 4.99 Å². The first-order chi connectivity index (χ1) is 11.1. The van der Waals surface area contributed by atoms with Crippen LogP contribution in [0.2, 0.25) is 0 Å². The van der Waals surface area contributed by atoms with E-state index in [9.17, 15) is 13.6 Å². The molecule has 0 bridgehead atoms. The summed E-state index contributed by atoms with van der Waals surface area (Å²) in [7, 11) is 0. The number of hydrogen-bond acceptors (Lipinski definition) is 4. The molecule has 7 heteroatoms. The van der Waals surface area contributed by atoms with E-state index in [1.165, 1.54) is 34.1 Å². The van der Waals surface area contributed by atoms with E-state index in [0.29, 0.717) is 16.6 Å². The average molecular weight is 350 g/mol. The number of likely N-dealkylation sites (N-methyl/N-ethyl adjacent to an activating group) is 1. The summed E-state index contributed by atoms with van der Waals surface area (Å²) in [6.45, 7) is 2.25. The van der Waals surface area contributed by atoms with Crippen molar-refractivity contribution >= 4 is 45.9 Å². The highest BCUT2D eigenvalue weighted by atomic mass is 32.2. The molecule has 1 aliphatic rings. The molecule has 0 radical (unpaired) electrons. The van der Waals surface area contributed by atoms with Gasteiger partial charge in [-0.3, -0.25) is 9.69 Å². The third kappa shape index (κ3) is 3.35. The van der Waals surface area contributed by atoms with Crippen LogP contribution in [0.15, 0.2) is 45.6 Å². The Morgan fingerprint density at radius 3 is 2.78 bits per heavy atom. The number of nitrogens with zero attached hydrogens (tertiary/aromatic N) is 2. The highest BCUT2D eigenvalue weighted by Crippen LogP contribution is 2.35. The van der Waals surface area contributed by atoms with E-state index < -0.39 is 11.6 Å². The smallest absolute Gasteiger partial charge is 0.266 e. The zero-order valence-electron chi connectivity index (χ0n) is 12.1. The molecule has 2 aromatic rings. The van der Waals surface area contributed by atoms with E-state index >= 15 is 0 Å². The lowest BCUT2D eigenvalue weighted by Crippen LogP contribution is -2.28. The summed E-state index contributed by atoms with van der Waals surface area (Å²) in [5.74, 6) is -1.57. The molecule has 0 saturated carbocycles. The molecule has 0 atom stereocenters. The van der Waals surface area contributed by atoms with Gasteiger partial charge in [-0.15, -0.1) is 11.3 Å². The number of amides is 1. The molecule has 23 heavy (non-hydrogen) atoms. The quantitative estimate of drug-likeness (QED) is 0.755. The number of rotatable bonds is 3. The zero-order valence-corrected chi connectivity index (χ0v) is 13.8. The molecule has 1 saturated heterocycles. The van der Waals surface area contributed by atoms with Crippen molar-refractivity contribution in [2.24, 2.45) is 4.99 Å². The first-order valence-electron chi connectivity index (χ1n) is 6.87. The molecule has 0 N–H and O–H groups in total. The predicted molar refractivity (Wildman–Crippen MR) is 90.7 cm³/mol. The lowest BCUT2D eigenvalue weighted by atomic mass is 10.3. The zero-order chi connectivity index (χ0) is 16.4. The number of aliphatic imine (C=N–C) groups is 1. The number of thiophene rings is 1. The Morgan fingerprint density at radius 1 is 1.30 bits per heavy atom. The summed E-state index contributed by atoms with van der Waals surface area (Å²) in [5, 5.41) is 2.32. The Bertz CT molecular complexity index is 800. The van der Waals surface area contributed by atoms with Gasteiger partial charge < -0.3 is 0 Å². The first kappa shape index (κ1) is 15.9. The Labute approximate surface area is 140 Å². The van der Waals surface area contributed by atoms with Gasteiger partial charge in [-0.05, 0) is 48.3 Å². The number of carbonyl (C=O) groups excluding carboxylic acids is 1. The van der Waals surface area contributed by atoms with Crippen LogP contribution >= 0.6 is 23.1 Å². The Kier molecular flexibility index (Phi) is 4.58. The van der Waals surface area contributed by atoms with Crippen molar-refractivity contribution in [3.05, 3.63) is 57.1 Å². The average Bonchev–Trinajstić information content (AvgIpc) is 3.12. The number of thioether (sulfide) groups is 1. The minimum Gasteiger partial charge on any atom is -0.287 e.